The van der Waals surface area contributed by atoms with Crippen LogP contribution in [0.25, 0.3) is 10.1 Å². The summed E-state index contributed by atoms with van der Waals surface area (Å²) in [6, 6.07) is 10.9. The number of rotatable bonds is 9. The molecule has 0 saturated carbocycles. The smallest absolute Gasteiger partial charge is 0.393 e. The van der Waals surface area contributed by atoms with Gasteiger partial charge in [0.2, 0.25) is 0 Å². The lowest BCUT2D eigenvalue weighted by atomic mass is 10.0. The Balaban J connectivity index is 1.54. The Bertz CT molecular complexity index is 1460. The van der Waals surface area contributed by atoms with E-state index in [-0.39, 0.29) is 24.3 Å². The first kappa shape index (κ1) is 31.2. The van der Waals surface area contributed by atoms with Gasteiger partial charge in [0.05, 0.1) is 47.1 Å². The SMILES string of the molecule is COc1cc(P(C)(C)=O)ccc1NCC#Cc1sc2c(NC3CCN(CC(C)O)CC3)cccc2c1CC(F)(F)F. The van der Waals surface area contributed by atoms with Gasteiger partial charge in [-0.25, -0.2) is 0 Å². The molecule has 41 heavy (non-hydrogen) atoms. The highest BCUT2D eigenvalue weighted by Gasteiger charge is 2.31. The maximum Gasteiger partial charge on any atom is 0.393 e. The zero-order valence-electron chi connectivity index (χ0n) is 23.8. The molecule has 1 aliphatic rings. The van der Waals surface area contributed by atoms with Crippen LogP contribution < -0.4 is 20.7 Å². The number of halogens is 3. The highest BCUT2D eigenvalue weighted by atomic mass is 32.1. The number of likely N-dealkylation sites (tertiary alicyclic amines) is 1. The van der Waals surface area contributed by atoms with Gasteiger partial charge in [0.15, 0.2) is 0 Å². The third-order valence-corrected chi connectivity index (χ3v) is 9.76. The summed E-state index contributed by atoms with van der Waals surface area (Å²) in [6.45, 7) is 7.71. The first-order valence-electron chi connectivity index (χ1n) is 13.6. The number of piperidine rings is 1. The molecule has 222 valence electrons. The number of β-amino-alcohol motifs (C(OH)–C–C–N with tert-alkyl or cyclic N) is 1. The minimum absolute atomic E-state index is 0.196. The molecule has 0 bridgehead atoms. The molecule has 1 aromatic heterocycles. The first-order valence-corrected chi connectivity index (χ1v) is 17.0. The second-order valence-electron chi connectivity index (χ2n) is 10.8. The number of aliphatic hydroxyl groups excluding tert-OH is 1. The van der Waals surface area contributed by atoms with Crippen LogP contribution in [-0.4, -0.2) is 74.9 Å². The molecule has 1 aliphatic heterocycles. The number of benzene rings is 2. The maximum absolute atomic E-state index is 13.6. The van der Waals surface area contributed by atoms with Crippen molar-refractivity contribution in [3.63, 3.8) is 0 Å². The van der Waals surface area contributed by atoms with E-state index in [9.17, 15) is 22.8 Å². The molecule has 4 rings (SSSR count). The Morgan fingerprint density at radius 2 is 1.93 bits per heavy atom. The minimum atomic E-state index is -4.37. The number of methoxy groups -OCH3 is 1. The number of nitrogens with zero attached hydrogens (tertiary/aromatic N) is 1. The van der Waals surface area contributed by atoms with Gasteiger partial charge in [0, 0.05) is 31.0 Å². The van der Waals surface area contributed by atoms with Crippen LogP contribution in [0, 0.1) is 11.8 Å². The van der Waals surface area contributed by atoms with Gasteiger partial charge in [0.1, 0.15) is 12.9 Å². The van der Waals surface area contributed by atoms with E-state index in [4.69, 9.17) is 4.74 Å². The molecular weight excluding hydrogens is 570 g/mol. The fourth-order valence-corrected chi connectivity index (χ4v) is 7.07. The number of aliphatic hydroxyl groups is 1. The van der Waals surface area contributed by atoms with Crippen LogP contribution in [0.4, 0.5) is 24.5 Å². The van der Waals surface area contributed by atoms with Crippen molar-refractivity contribution in [1.82, 2.24) is 4.90 Å². The third-order valence-electron chi connectivity index (χ3n) is 7.04. The molecule has 3 aromatic rings. The summed E-state index contributed by atoms with van der Waals surface area (Å²) in [5.74, 6) is 6.49. The summed E-state index contributed by atoms with van der Waals surface area (Å²) >= 11 is 1.28. The number of hydrogen-bond acceptors (Lipinski definition) is 7. The van der Waals surface area contributed by atoms with Crippen LogP contribution in [0.5, 0.6) is 5.75 Å². The molecule has 11 heteroatoms. The third kappa shape index (κ3) is 8.42. The van der Waals surface area contributed by atoms with Gasteiger partial charge in [-0.2, -0.15) is 13.2 Å². The van der Waals surface area contributed by atoms with E-state index < -0.39 is 19.7 Å². The predicted molar refractivity (Wildman–Crippen MR) is 164 cm³/mol. The standard InChI is InChI=1S/C30H37F3N3O3PS/c1-20(37)19-36-15-12-21(13-16-36)35-26-8-5-7-23-24(18-30(31,32)33)28(41-29(23)26)9-6-14-34-25-11-10-22(40(3,4)38)17-27(25)39-2/h5,7-8,10-11,17,20-21,34-35,37H,12-16,18-19H2,1-4H3. The van der Waals surface area contributed by atoms with Crippen LogP contribution in [0.1, 0.15) is 30.2 Å². The van der Waals surface area contributed by atoms with Crippen LogP contribution >= 0.6 is 18.5 Å². The van der Waals surface area contributed by atoms with Gasteiger partial charge >= 0.3 is 6.18 Å². The van der Waals surface area contributed by atoms with Gasteiger partial charge in [-0.3, -0.25) is 0 Å². The summed E-state index contributed by atoms with van der Waals surface area (Å²) in [4.78, 5) is 2.63. The summed E-state index contributed by atoms with van der Waals surface area (Å²) in [7, 11) is -0.929. The monoisotopic (exact) mass is 607 g/mol. The van der Waals surface area contributed by atoms with Crippen LogP contribution in [-0.2, 0) is 11.0 Å². The van der Waals surface area contributed by atoms with E-state index in [2.05, 4.69) is 27.4 Å². The van der Waals surface area contributed by atoms with Crippen LogP contribution in [0.3, 0.4) is 0 Å². The Kier molecular flexibility index (Phi) is 9.97. The molecule has 2 heterocycles. The average Bonchev–Trinajstić information content (AvgIpc) is 3.23. The largest absolute Gasteiger partial charge is 0.495 e. The lowest BCUT2D eigenvalue weighted by Gasteiger charge is -2.33. The molecule has 0 spiro atoms. The van der Waals surface area contributed by atoms with E-state index >= 15 is 0 Å². The fourth-order valence-electron chi connectivity index (χ4n) is 5.04. The van der Waals surface area contributed by atoms with E-state index in [1.165, 1.54) is 18.4 Å². The van der Waals surface area contributed by atoms with Crippen molar-refractivity contribution < 1.29 is 27.6 Å². The van der Waals surface area contributed by atoms with E-state index in [1.807, 2.05) is 6.07 Å². The zero-order chi connectivity index (χ0) is 29.8. The van der Waals surface area contributed by atoms with Crippen molar-refractivity contribution in [2.45, 2.75) is 44.5 Å². The normalized spacial score (nSPS) is 15.8. The molecular formula is C30H37F3N3O3PS. The van der Waals surface area contributed by atoms with Crippen molar-refractivity contribution in [1.29, 1.82) is 0 Å². The van der Waals surface area contributed by atoms with E-state index in [1.54, 1.807) is 50.6 Å². The second-order valence-corrected chi connectivity index (χ2v) is 15.1. The Labute approximate surface area is 243 Å². The molecule has 0 aliphatic carbocycles. The van der Waals surface area contributed by atoms with Crippen LogP contribution in [0.15, 0.2) is 36.4 Å². The topological polar surface area (TPSA) is 73.8 Å². The second kappa shape index (κ2) is 13.1. The minimum Gasteiger partial charge on any atom is -0.495 e. The predicted octanol–water partition coefficient (Wildman–Crippen LogP) is 5.98. The number of nitrogens with one attached hydrogen (secondary N) is 2. The molecule has 1 atom stereocenters. The lowest BCUT2D eigenvalue weighted by molar-refractivity contribution is -0.126. The number of thiophene rings is 1. The quantitative estimate of drug-likeness (QED) is 0.205. The summed E-state index contributed by atoms with van der Waals surface area (Å²) < 4.78 is 59.4. The molecule has 1 fully saturated rings. The number of ether oxygens (including phenoxy) is 1. The molecule has 3 N–H and O–H groups in total. The highest BCUT2D eigenvalue weighted by Crippen LogP contribution is 2.40. The molecule has 0 radical (unpaired) electrons. The maximum atomic E-state index is 13.6. The van der Waals surface area contributed by atoms with Gasteiger partial charge in [0.25, 0.3) is 0 Å². The number of hydrogen-bond donors (Lipinski definition) is 3. The Morgan fingerprint density at radius 3 is 2.56 bits per heavy atom. The van der Waals surface area contributed by atoms with Crippen LogP contribution in [0.2, 0.25) is 0 Å². The molecule has 1 saturated heterocycles. The number of alkyl halides is 3. The number of fused-ring (bicyclic) bond motifs is 1. The van der Waals surface area contributed by atoms with Gasteiger partial charge < -0.3 is 29.9 Å². The molecule has 1 unspecified atom stereocenters. The highest BCUT2D eigenvalue weighted by molar-refractivity contribution is 7.70. The van der Waals surface area contributed by atoms with Crippen molar-refractivity contribution >= 4 is 45.2 Å². The lowest BCUT2D eigenvalue weighted by Crippen LogP contribution is -2.41. The van der Waals surface area contributed by atoms with Gasteiger partial charge in [-0.05, 0) is 68.3 Å². The van der Waals surface area contributed by atoms with E-state index in [0.29, 0.717) is 33.5 Å². The van der Waals surface area contributed by atoms with E-state index in [0.717, 1.165) is 36.3 Å². The average molecular weight is 608 g/mol. The first-order chi connectivity index (χ1) is 19.3. The number of anilines is 2. The zero-order valence-corrected chi connectivity index (χ0v) is 25.5. The molecule has 2 aromatic carbocycles. The van der Waals surface area contributed by atoms with Crippen molar-refractivity contribution in [2.75, 3.05) is 57.3 Å². The summed E-state index contributed by atoms with van der Waals surface area (Å²) in [6.07, 6.45) is -4.01. The Morgan fingerprint density at radius 1 is 1.20 bits per heavy atom. The van der Waals surface area contributed by atoms with Gasteiger partial charge in [-0.1, -0.05) is 24.0 Å². The molecule has 0 amide bonds. The molecule has 6 nitrogen and oxygen atoms in total. The van der Waals surface area contributed by atoms with Gasteiger partial charge in [-0.15, -0.1) is 11.3 Å². The Hall–Kier alpha value is -2.70. The fraction of sp³-hybridized carbons (Fsp3) is 0.467. The van der Waals surface area contributed by atoms with Crippen molar-refractivity contribution in [2.24, 2.45) is 0 Å². The summed E-state index contributed by atoms with van der Waals surface area (Å²) in [5.41, 5.74) is 1.69. The summed E-state index contributed by atoms with van der Waals surface area (Å²) in [5, 5.41) is 17.7. The van der Waals surface area contributed by atoms with Crippen molar-refractivity contribution in [3.8, 4) is 17.6 Å². The van der Waals surface area contributed by atoms with Crippen molar-refractivity contribution in [3.05, 3.63) is 46.8 Å².